The number of aryl methyl sites for hydroxylation is 1. The molecule has 0 aliphatic rings. The normalized spacial score (nSPS) is 11.7. The maximum absolute atomic E-state index is 5.34. The minimum absolute atomic E-state index is 0.146. The maximum atomic E-state index is 5.34. The van der Waals surface area contributed by atoms with E-state index < -0.39 is 0 Å². The van der Waals surface area contributed by atoms with Crippen LogP contribution in [-0.2, 0) is 6.42 Å². The second-order valence-corrected chi connectivity index (χ2v) is 5.06. The summed E-state index contributed by atoms with van der Waals surface area (Å²) < 4.78 is 0. The van der Waals surface area contributed by atoms with Crippen molar-refractivity contribution in [1.82, 2.24) is 10.3 Å². The molecule has 2 aromatic rings. The Hall–Kier alpha value is -1.94. The molecule has 3 nitrogen and oxygen atoms in total. The van der Waals surface area contributed by atoms with Crippen molar-refractivity contribution in [3.8, 4) is 0 Å². The Labute approximate surface area is 125 Å². The Bertz CT molecular complexity index is 552. The van der Waals surface area contributed by atoms with Crippen LogP contribution in [0.15, 0.2) is 48.8 Å². The lowest BCUT2D eigenvalue weighted by molar-refractivity contribution is 0.721. The van der Waals surface area contributed by atoms with Gasteiger partial charge in [-0.2, -0.15) is 0 Å². The van der Waals surface area contributed by atoms with Crippen LogP contribution in [-0.4, -0.2) is 10.1 Å². The van der Waals surface area contributed by atoms with Gasteiger partial charge in [0.25, 0.3) is 0 Å². The van der Waals surface area contributed by atoms with Crippen molar-refractivity contribution in [2.45, 2.75) is 26.3 Å². The fourth-order valence-corrected chi connectivity index (χ4v) is 2.22. The molecule has 0 unspecified atom stereocenters. The quantitative estimate of drug-likeness (QED) is 0.840. The first kappa shape index (κ1) is 14.5. The van der Waals surface area contributed by atoms with Crippen molar-refractivity contribution < 1.29 is 0 Å². The summed E-state index contributed by atoms with van der Waals surface area (Å²) in [6.07, 6.45) is 4.61. The fourth-order valence-electron chi connectivity index (χ4n) is 1.92. The molecule has 2 N–H and O–H groups in total. The van der Waals surface area contributed by atoms with Gasteiger partial charge in [-0.05, 0) is 61.0 Å². The van der Waals surface area contributed by atoms with Crippen LogP contribution >= 0.6 is 12.2 Å². The second kappa shape index (κ2) is 7.01. The van der Waals surface area contributed by atoms with Crippen molar-refractivity contribution in [3.63, 3.8) is 0 Å². The molecule has 20 heavy (non-hydrogen) atoms. The molecular formula is C16H19N3S. The molecule has 1 aromatic carbocycles. The molecule has 0 saturated heterocycles. The summed E-state index contributed by atoms with van der Waals surface area (Å²) >= 11 is 5.34. The van der Waals surface area contributed by atoms with E-state index in [9.17, 15) is 0 Å². The predicted octanol–water partition coefficient (Wildman–Crippen LogP) is 3.69. The minimum atomic E-state index is 0.146. The molecule has 1 atom stereocenters. The predicted molar refractivity (Wildman–Crippen MR) is 87.8 cm³/mol. The van der Waals surface area contributed by atoms with Crippen molar-refractivity contribution >= 4 is 23.0 Å². The first-order chi connectivity index (χ1) is 9.69. The molecule has 1 aromatic heterocycles. The first-order valence-electron chi connectivity index (χ1n) is 6.75. The van der Waals surface area contributed by atoms with Crippen LogP contribution in [0.2, 0.25) is 0 Å². The van der Waals surface area contributed by atoms with Gasteiger partial charge in [-0.15, -0.1) is 0 Å². The van der Waals surface area contributed by atoms with E-state index in [1.54, 1.807) is 12.4 Å². The summed E-state index contributed by atoms with van der Waals surface area (Å²) in [6.45, 7) is 4.22. The highest BCUT2D eigenvalue weighted by Crippen LogP contribution is 2.12. The minimum Gasteiger partial charge on any atom is -0.356 e. The lowest BCUT2D eigenvalue weighted by Crippen LogP contribution is -2.30. The summed E-state index contributed by atoms with van der Waals surface area (Å²) in [5.74, 6) is 0. The summed E-state index contributed by atoms with van der Waals surface area (Å²) in [5.41, 5.74) is 3.48. The van der Waals surface area contributed by atoms with Crippen LogP contribution in [0.4, 0.5) is 5.69 Å². The average Bonchev–Trinajstić information content (AvgIpc) is 2.49. The van der Waals surface area contributed by atoms with Gasteiger partial charge < -0.3 is 10.6 Å². The Kier molecular flexibility index (Phi) is 5.07. The van der Waals surface area contributed by atoms with Gasteiger partial charge in [0.1, 0.15) is 0 Å². The number of aromatic nitrogens is 1. The standard InChI is InChI=1S/C16H19N3S/c1-3-13-4-6-15(7-5-13)19-16(20)18-12(2)14-8-10-17-11-9-14/h4-12H,3H2,1-2H3,(H2,18,19,20)/t12-/m0/s1. The van der Waals surface area contributed by atoms with E-state index in [4.69, 9.17) is 12.2 Å². The van der Waals surface area contributed by atoms with Crippen molar-refractivity contribution in [3.05, 3.63) is 59.9 Å². The molecule has 0 amide bonds. The number of pyridine rings is 1. The SMILES string of the molecule is CCc1ccc(NC(=S)N[C@@H](C)c2ccncc2)cc1. The number of hydrogen-bond acceptors (Lipinski definition) is 2. The van der Waals surface area contributed by atoms with E-state index in [-0.39, 0.29) is 6.04 Å². The van der Waals surface area contributed by atoms with Crippen LogP contribution in [0.3, 0.4) is 0 Å². The monoisotopic (exact) mass is 285 g/mol. The van der Waals surface area contributed by atoms with Crippen LogP contribution in [0.5, 0.6) is 0 Å². The third kappa shape index (κ3) is 4.03. The zero-order valence-corrected chi connectivity index (χ0v) is 12.6. The zero-order chi connectivity index (χ0) is 14.4. The highest BCUT2D eigenvalue weighted by Gasteiger charge is 2.06. The Morgan fingerprint density at radius 3 is 2.40 bits per heavy atom. The van der Waals surface area contributed by atoms with E-state index in [1.807, 2.05) is 24.3 Å². The lowest BCUT2D eigenvalue weighted by Gasteiger charge is -2.17. The van der Waals surface area contributed by atoms with Gasteiger partial charge in [-0.3, -0.25) is 4.98 Å². The largest absolute Gasteiger partial charge is 0.356 e. The smallest absolute Gasteiger partial charge is 0.171 e. The van der Waals surface area contributed by atoms with E-state index in [0.29, 0.717) is 5.11 Å². The first-order valence-corrected chi connectivity index (χ1v) is 7.16. The van der Waals surface area contributed by atoms with Gasteiger partial charge in [-0.1, -0.05) is 19.1 Å². The maximum Gasteiger partial charge on any atom is 0.171 e. The second-order valence-electron chi connectivity index (χ2n) is 4.65. The average molecular weight is 285 g/mol. The van der Waals surface area contributed by atoms with E-state index in [1.165, 1.54) is 5.56 Å². The molecule has 0 fully saturated rings. The molecule has 0 bridgehead atoms. The van der Waals surface area contributed by atoms with Crippen molar-refractivity contribution in [1.29, 1.82) is 0 Å². The molecule has 2 rings (SSSR count). The molecule has 1 heterocycles. The van der Waals surface area contributed by atoms with Gasteiger partial charge in [0.15, 0.2) is 5.11 Å². The van der Waals surface area contributed by atoms with E-state index in [0.717, 1.165) is 17.7 Å². The molecule has 0 aliphatic carbocycles. The van der Waals surface area contributed by atoms with Gasteiger partial charge >= 0.3 is 0 Å². The van der Waals surface area contributed by atoms with Crippen LogP contribution in [0.25, 0.3) is 0 Å². The van der Waals surface area contributed by atoms with Gasteiger partial charge in [0.05, 0.1) is 6.04 Å². The third-order valence-corrected chi connectivity index (χ3v) is 3.39. The number of nitrogens with one attached hydrogen (secondary N) is 2. The topological polar surface area (TPSA) is 37.0 Å². The summed E-state index contributed by atoms with van der Waals surface area (Å²) in [7, 11) is 0. The van der Waals surface area contributed by atoms with Crippen molar-refractivity contribution in [2.75, 3.05) is 5.32 Å². The Balaban J connectivity index is 1.91. The lowest BCUT2D eigenvalue weighted by atomic mass is 10.1. The number of rotatable bonds is 4. The molecule has 0 spiro atoms. The summed E-state index contributed by atoms with van der Waals surface area (Å²) in [5, 5.41) is 7.09. The number of anilines is 1. The van der Waals surface area contributed by atoms with Crippen LogP contribution in [0, 0.1) is 0 Å². The van der Waals surface area contributed by atoms with Crippen LogP contribution in [0.1, 0.15) is 31.0 Å². The highest BCUT2D eigenvalue weighted by atomic mass is 32.1. The molecule has 4 heteroatoms. The fraction of sp³-hybridized carbons (Fsp3) is 0.250. The van der Waals surface area contributed by atoms with Gasteiger partial charge in [-0.25, -0.2) is 0 Å². The number of hydrogen-bond donors (Lipinski definition) is 2. The van der Waals surface area contributed by atoms with Crippen molar-refractivity contribution in [2.24, 2.45) is 0 Å². The molecule has 104 valence electrons. The zero-order valence-electron chi connectivity index (χ0n) is 11.8. The van der Waals surface area contributed by atoms with E-state index in [2.05, 4.69) is 41.6 Å². The summed E-state index contributed by atoms with van der Waals surface area (Å²) in [6, 6.07) is 12.4. The molecule has 0 radical (unpaired) electrons. The number of thiocarbonyl (C=S) groups is 1. The molecular weight excluding hydrogens is 266 g/mol. The summed E-state index contributed by atoms with van der Waals surface area (Å²) in [4.78, 5) is 4.01. The third-order valence-electron chi connectivity index (χ3n) is 3.17. The van der Waals surface area contributed by atoms with Crippen LogP contribution < -0.4 is 10.6 Å². The molecule has 0 aliphatic heterocycles. The highest BCUT2D eigenvalue weighted by molar-refractivity contribution is 7.80. The Morgan fingerprint density at radius 1 is 1.15 bits per heavy atom. The van der Waals surface area contributed by atoms with Gasteiger partial charge in [0, 0.05) is 18.1 Å². The van der Waals surface area contributed by atoms with E-state index >= 15 is 0 Å². The Morgan fingerprint density at radius 2 is 1.80 bits per heavy atom. The van der Waals surface area contributed by atoms with Gasteiger partial charge in [0.2, 0.25) is 0 Å². The number of benzene rings is 1. The number of nitrogens with zero attached hydrogens (tertiary/aromatic N) is 1. The molecule has 0 saturated carbocycles.